The first-order valence-electron chi connectivity index (χ1n) is 11.6. The fourth-order valence-corrected chi connectivity index (χ4v) is 5.66. The van der Waals surface area contributed by atoms with Crippen molar-refractivity contribution in [3.8, 4) is 0 Å². The van der Waals surface area contributed by atoms with Gasteiger partial charge in [0.05, 0.1) is 10.6 Å². The largest absolute Gasteiger partial charge is 0.372 e. The molecule has 1 N–H and O–H groups in total. The molecule has 3 aromatic carbocycles. The number of nitrogens with one attached hydrogen (secondary N) is 1. The summed E-state index contributed by atoms with van der Waals surface area (Å²) in [5.74, 6) is -0.398. The lowest BCUT2D eigenvalue weighted by Crippen LogP contribution is -2.38. The minimum atomic E-state index is -3.95. The molecule has 1 fully saturated rings. The van der Waals surface area contributed by atoms with Gasteiger partial charge in [0.1, 0.15) is 6.54 Å². The van der Waals surface area contributed by atoms with Crippen LogP contribution in [0.25, 0.3) is 0 Å². The topological polar surface area (TPSA) is 69.7 Å². The van der Waals surface area contributed by atoms with E-state index in [9.17, 15) is 13.2 Å². The van der Waals surface area contributed by atoms with Crippen molar-refractivity contribution >= 4 is 33.0 Å². The zero-order chi connectivity index (χ0) is 24.3. The molecule has 0 aliphatic carbocycles. The normalized spacial score (nSPS) is 13.7. The van der Waals surface area contributed by atoms with Crippen LogP contribution < -0.4 is 14.5 Å². The van der Waals surface area contributed by atoms with Crippen molar-refractivity contribution in [2.75, 3.05) is 34.2 Å². The van der Waals surface area contributed by atoms with Gasteiger partial charge in [-0.15, -0.1) is 0 Å². The van der Waals surface area contributed by atoms with E-state index >= 15 is 0 Å². The van der Waals surface area contributed by atoms with E-state index in [4.69, 9.17) is 0 Å². The van der Waals surface area contributed by atoms with E-state index in [2.05, 4.69) is 10.2 Å². The lowest BCUT2D eigenvalue weighted by molar-refractivity contribution is -0.114. The molecule has 0 spiro atoms. The molecular formula is C27H31N3O3S. The lowest BCUT2D eigenvalue weighted by Gasteiger charge is -2.26. The number of nitrogens with zero attached hydrogens (tertiary/aromatic N) is 2. The van der Waals surface area contributed by atoms with Crippen LogP contribution >= 0.6 is 0 Å². The van der Waals surface area contributed by atoms with Gasteiger partial charge in [-0.2, -0.15) is 0 Å². The van der Waals surface area contributed by atoms with Crippen LogP contribution in [-0.4, -0.2) is 34.0 Å². The summed E-state index contributed by atoms with van der Waals surface area (Å²) in [6, 6.07) is 20.0. The molecule has 0 aromatic heterocycles. The van der Waals surface area contributed by atoms with E-state index in [0.717, 1.165) is 35.5 Å². The van der Waals surface area contributed by atoms with Crippen LogP contribution in [0.4, 0.5) is 17.1 Å². The molecule has 0 unspecified atom stereocenters. The van der Waals surface area contributed by atoms with Crippen molar-refractivity contribution in [1.82, 2.24) is 0 Å². The molecule has 178 valence electrons. The Kier molecular flexibility index (Phi) is 6.93. The number of rotatable bonds is 7. The summed E-state index contributed by atoms with van der Waals surface area (Å²) in [5, 5.41) is 2.86. The van der Waals surface area contributed by atoms with Crippen LogP contribution in [0, 0.1) is 20.8 Å². The van der Waals surface area contributed by atoms with Crippen LogP contribution in [-0.2, 0) is 14.8 Å². The number of carbonyl (C=O) groups is 1. The molecule has 34 heavy (non-hydrogen) atoms. The molecule has 4 rings (SSSR count). The van der Waals surface area contributed by atoms with Crippen molar-refractivity contribution in [3.63, 3.8) is 0 Å². The average molecular weight is 478 g/mol. The van der Waals surface area contributed by atoms with E-state index in [1.54, 1.807) is 30.3 Å². The van der Waals surface area contributed by atoms with E-state index in [1.165, 1.54) is 17.1 Å². The third-order valence-corrected chi connectivity index (χ3v) is 7.93. The van der Waals surface area contributed by atoms with Crippen LogP contribution in [0.1, 0.15) is 29.5 Å². The summed E-state index contributed by atoms with van der Waals surface area (Å²) in [6.07, 6.45) is 2.39. The minimum Gasteiger partial charge on any atom is -0.372 e. The van der Waals surface area contributed by atoms with Crippen LogP contribution in [0.2, 0.25) is 0 Å². The second-order valence-electron chi connectivity index (χ2n) is 8.90. The Morgan fingerprint density at radius 1 is 0.882 bits per heavy atom. The predicted molar refractivity (Wildman–Crippen MR) is 138 cm³/mol. The summed E-state index contributed by atoms with van der Waals surface area (Å²) in [6.45, 7) is 7.43. The fraction of sp³-hybridized carbons (Fsp3) is 0.296. The third kappa shape index (κ3) is 5.25. The van der Waals surface area contributed by atoms with Gasteiger partial charge in [-0.1, -0.05) is 29.8 Å². The third-order valence-electron chi connectivity index (χ3n) is 6.15. The maximum Gasteiger partial charge on any atom is 0.264 e. The number of sulfonamides is 1. The molecule has 0 bridgehead atoms. The van der Waals surface area contributed by atoms with Crippen LogP contribution in [0.3, 0.4) is 0 Å². The zero-order valence-corrected chi connectivity index (χ0v) is 20.7. The number of aryl methyl sites for hydroxylation is 3. The average Bonchev–Trinajstić information content (AvgIpc) is 3.35. The molecule has 1 saturated heterocycles. The van der Waals surface area contributed by atoms with Crippen LogP contribution in [0.5, 0.6) is 0 Å². The van der Waals surface area contributed by atoms with Crippen molar-refractivity contribution in [2.24, 2.45) is 0 Å². The number of hydrogen-bond donors (Lipinski definition) is 1. The summed E-state index contributed by atoms with van der Waals surface area (Å²) in [4.78, 5) is 15.5. The van der Waals surface area contributed by atoms with E-state index in [-0.39, 0.29) is 11.4 Å². The Balaban J connectivity index is 1.59. The van der Waals surface area contributed by atoms with Crippen molar-refractivity contribution < 1.29 is 13.2 Å². The predicted octanol–water partition coefficient (Wildman–Crippen LogP) is 5.05. The Bertz CT molecular complexity index is 1260. The molecule has 0 saturated carbocycles. The van der Waals surface area contributed by atoms with Gasteiger partial charge in [0.25, 0.3) is 10.0 Å². The maximum atomic E-state index is 13.6. The highest BCUT2D eigenvalue weighted by atomic mass is 32.2. The number of carbonyl (C=O) groups excluding carboxylic acids is 1. The molecule has 1 aliphatic heterocycles. The Morgan fingerprint density at radius 3 is 2.15 bits per heavy atom. The summed E-state index contributed by atoms with van der Waals surface area (Å²) >= 11 is 0. The Labute approximate surface area is 202 Å². The van der Waals surface area contributed by atoms with Gasteiger partial charge < -0.3 is 10.2 Å². The highest BCUT2D eigenvalue weighted by molar-refractivity contribution is 7.92. The van der Waals surface area contributed by atoms with Gasteiger partial charge in [-0.25, -0.2) is 8.42 Å². The Hall–Kier alpha value is -3.32. The SMILES string of the molecule is Cc1ccc(S(=O)(=O)N(CC(=O)Nc2ccc(N3CCCC3)cc2)c2cc(C)ccc2C)cc1. The fourth-order valence-electron chi connectivity index (χ4n) is 4.19. The highest BCUT2D eigenvalue weighted by Crippen LogP contribution is 2.28. The highest BCUT2D eigenvalue weighted by Gasteiger charge is 2.28. The molecule has 1 aliphatic rings. The lowest BCUT2D eigenvalue weighted by atomic mass is 10.1. The van der Waals surface area contributed by atoms with E-state index in [1.807, 2.05) is 57.2 Å². The number of benzene rings is 3. The van der Waals surface area contributed by atoms with Crippen molar-refractivity contribution in [2.45, 2.75) is 38.5 Å². The number of hydrogen-bond acceptors (Lipinski definition) is 4. The van der Waals surface area contributed by atoms with Crippen LogP contribution in [0.15, 0.2) is 71.6 Å². The minimum absolute atomic E-state index is 0.154. The van der Waals surface area contributed by atoms with Gasteiger partial charge in [0, 0.05) is 24.5 Å². The first-order chi connectivity index (χ1) is 16.2. The molecule has 3 aromatic rings. The van der Waals surface area contributed by atoms with Crippen molar-refractivity contribution in [1.29, 1.82) is 0 Å². The van der Waals surface area contributed by atoms with Gasteiger partial charge in [-0.3, -0.25) is 9.10 Å². The smallest absolute Gasteiger partial charge is 0.264 e. The molecule has 7 heteroatoms. The zero-order valence-electron chi connectivity index (χ0n) is 19.9. The van der Waals surface area contributed by atoms with Gasteiger partial charge in [-0.05, 0) is 87.2 Å². The Morgan fingerprint density at radius 2 is 1.50 bits per heavy atom. The molecular weight excluding hydrogens is 446 g/mol. The molecule has 0 atom stereocenters. The molecule has 1 amide bonds. The van der Waals surface area contributed by atoms with Gasteiger partial charge in [0.2, 0.25) is 5.91 Å². The summed E-state index contributed by atoms with van der Waals surface area (Å²) in [5.41, 5.74) is 4.94. The van der Waals surface area contributed by atoms with Gasteiger partial charge >= 0.3 is 0 Å². The van der Waals surface area contributed by atoms with Crippen molar-refractivity contribution in [3.05, 3.63) is 83.4 Å². The quantitative estimate of drug-likeness (QED) is 0.517. The van der Waals surface area contributed by atoms with E-state index in [0.29, 0.717) is 11.4 Å². The maximum absolute atomic E-state index is 13.6. The standard InChI is InChI=1S/C27H31N3O3S/c1-20-7-14-25(15-8-20)34(32,33)30(26-18-21(2)6-9-22(26)3)19-27(31)28-23-10-12-24(13-11-23)29-16-4-5-17-29/h6-15,18H,4-5,16-17,19H2,1-3H3,(H,28,31). The molecule has 1 heterocycles. The summed E-state index contributed by atoms with van der Waals surface area (Å²) < 4.78 is 28.5. The monoisotopic (exact) mass is 477 g/mol. The molecule has 0 radical (unpaired) electrons. The summed E-state index contributed by atoms with van der Waals surface area (Å²) in [7, 11) is -3.95. The van der Waals surface area contributed by atoms with E-state index < -0.39 is 15.9 Å². The van der Waals surface area contributed by atoms with Gasteiger partial charge in [0.15, 0.2) is 0 Å². The first-order valence-corrected chi connectivity index (χ1v) is 13.0. The number of amides is 1. The second kappa shape index (κ2) is 9.89. The first kappa shape index (κ1) is 23.8. The number of anilines is 3. The second-order valence-corrected chi connectivity index (χ2v) is 10.8. The molecule has 6 nitrogen and oxygen atoms in total.